The molecular weight excluding hydrogens is 382 g/mol. The first-order chi connectivity index (χ1) is 12.0. The number of nitrogens with zero attached hydrogens (tertiary/aromatic N) is 1. The van der Waals surface area contributed by atoms with Gasteiger partial charge in [0.2, 0.25) is 15.9 Å². The van der Waals surface area contributed by atoms with Crippen molar-refractivity contribution in [3.8, 4) is 0 Å². The molecule has 0 saturated carbocycles. The van der Waals surface area contributed by atoms with Gasteiger partial charge in [0.1, 0.15) is 5.70 Å². The Hall–Kier alpha value is -1.14. The first-order valence-electron chi connectivity index (χ1n) is 8.40. The van der Waals surface area contributed by atoms with Gasteiger partial charge in [0, 0.05) is 28.7 Å². The van der Waals surface area contributed by atoms with E-state index in [4.69, 9.17) is 5.14 Å². The Kier molecular flexibility index (Phi) is 5.12. The molecule has 2 fully saturated rings. The molecule has 0 bridgehead atoms. The molecule has 3 aliphatic rings. The van der Waals surface area contributed by atoms with Gasteiger partial charge < -0.3 is 20.4 Å². The van der Waals surface area contributed by atoms with Gasteiger partial charge in [0.15, 0.2) is 0 Å². The van der Waals surface area contributed by atoms with Crippen molar-refractivity contribution in [3.63, 3.8) is 0 Å². The summed E-state index contributed by atoms with van der Waals surface area (Å²) in [6.07, 6.45) is -0.291. The minimum absolute atomic E-state index is 0.00708. The molecule has 0 aliphatic carbocycles. The molecule has 2 saturated heterocycles. The minimum atomic E-state index is -3.58. The predicted molar refractivity (Wildman–Crippen MR) is 95.4 cm³/mol. The highest BCUT2D eigenvalue weighted by atomic mass is 32.2. The standard InChI is InChI=1S/C15H23N3O6S2/c1-6-11-10(7(2)19)14(20)18(11)12(15(21)22)13(6)25-9-3-8(17-4-9)5-26(16,23)24/h6-11,17,19H,3-5H2,1-2H3,(H,21,22)(H2,16,23,24)/t6-,7-,8+,9+,10-,11?/m1/s1. The van der Waals surface area contributed by atoms with Crippen LogP contribution in [-0.4, -0.2) is 71.1 Å². The number of hydrogen-bond acceptors (Lipinski definition) is 7. The number of aliphatic carboxylic acids is 1. The SMILES string of the molecule is C[C@H]1C(S[C@@H]2CN[C@H](CS(N)(=O)=O)C2)=C(C(=O)O)N2C(=O)[C@H]([C@@H](C)O)C12. The maximum Gasteiger partial charge on any atom is 0.353 e. The van der Waals surface area contributed by atoms with Crippen LogP contribution in [0.4, 0.5) is 0 Å². The molecule has 1 amide bonds. The van der Waals surface area contributed by atoms with Crippen LogP contribution in [-0.2, 0) is 19.6 Å². The van der Waals surface area contributed by atoms with Crippen LogP contribution < -0.4 is 10.5 Å². The number of sulfonamides is 1. The van der Waals surface area contributed by atoms with Crippen molar-refractivity contribution in [1.29, 1.82) is 0 Å². The van der Waals surface area contributed by atoms with E-state index in [1.165, 1.54) is 23.6 Å². The van der Waals surface area contributed by atoms with Crippen LogP contribution in [0.25, 0.3) is 0 Å². The summed E-state index contributed by atoms with van der Waals surface area (Å²) < 4.78 is 22.5. The molecule has 0 aromatic rings. The summed E-state index contributed by atoms with van der Waals surface area (Å²) >= 11 is 1.38. The number of nitrogens with one attached hydrogen (secondary N) is 1. The summed E-state index contributed by atoms with van der Waals surface area (Å²) in [7, 11) is -3.58. The number of primary sulfonamides is 1. The molecule has 1 unspecified atom stereocenters. The molecule has 146 valence electrons. The fourth-order valence-corrected chi connectivity index (χ4v) is 6.47. The number of amides is 1. The Balaban J connectivity index is 1.77. The second-order valence-electron chi connectivity index (χ2n) is 7.18. The summed E-state index contributed by atoms with van der Waals surface area (Å²) in [5.41, 5.74) is -0.00991. The summed E-state index contributed by atoms with van der Waals surface area (Å²) in [6.45, 7) is 3.94. The zero-order chi connectivity index (χ0) is 19.4. The van der Waals surface area contributed by atoms with E-state index in [-0.39, 0.29) is 40.6 Å². The van der Waals surface area contributed by atoms with Gasteiger partial charge in [-0.3, -0.25) is 4.79 Å². The van der Waals surface area contributed by atoms with Gasteiger partial charge in [-0.25, -0.2) is 18.4 Å². The number of carbonyl (C=O) groups is 2. The first-order valence-corrected chi connectivity index (χ1v) is 11.0. The number of rotatable bonds is 6. The summed E-state index contributed by atoms with van der Waals surface area (Å²) in [5.74, 6) is -2.47. The highest BCUT2D eigenvalue weighted by Crippen LogP contribution is 2.51. The van der Waals surface area contributed by atoms with E-state index in [0.29, 0.717) is 17.9 Å². The highest BCUT2D eigenvalue weighted by molar-refractivity contribution is 8.03. The second kappa shape index (κ2) is 6.79. The Bertz CT molecular complexity index is 765. The van der Waals surface area contributed by atoms with Gasteiger partial charge in [-0.2, -0.15) is 0 Å². The third-order valence-corrected chi connectivity index (χ3v) is 7.60. The van der Waals surface area contributed by atoms with Crippen molar-refractivity contribution >= 4 is 33.7 Å². The van der Waals surface area contributed by atoms with Crippen LogP contribution in [0.3, 0.4) is 0 Å². The number of carbonyl (C=O) groups excluding carboxylic acids is 1. The number of fused-ring (bicyclic) bond motifs is 1. The third kappa shape index (κ3) is 3.38. The molecule has 9 nitrogen and oxygen atoms in total. The van der Waals surface area contributed by atoms with Gasteiger partial charge in [0.05, 0.1) is 23.8 Å². The lowest BCUT2D eigenvalue weighted by Gasteiger charge is -2.46. The quantitative estimate of drug-likeness (QED) is 0.406. The Morgan fingerprint density at radius 1 is 1.50 bits per heavy atom. The van der Waals surface area contributed by atoms with Gasteiger partial charge in [-0.15, -0.1) is 11.8 Å². The fraction of sp³-hybridized carbons (Fsp3) is 0.733. The topological polar surface area (TPSA) is 150 Å². The Morgan fingerprint density at radius 2 is 2.15 bits per heavy atom. The fourth-order valence-electron chi connectivity index (χ4n) is 4.14. The average molecular weight is 405 g/mol. The van der Waals surface area contributed by atoms with Crippen molar-refractivity contribution in [2.75, 3.05) is 12.3 Å². The number of aliphatic hydroxyl groups is 1. The lowest BCUT2D eigenvalue weighted by Crippen LogP contribution is -2.63. The van der Waals surface area contributed by atoms with Crippen LogP contribution in [0.15, 0.2) is 10.6 Å². The molecule has 26 heavy (non-hydrogen) atoms. The van der Waals surface area contributed by atoms with Gasteiger partial charge >= 0.3 is 5.97 Å². The van der Waals surface area contributed by atoms with E-state index in [0.717, 1.165) is 0 Å². The molecule has 0 spiro atoms. The van der Waals surface area contributed by atoms with Crippen molar-refractivity contribution in [3.05, 3.63) is 10.6 Å². The molecule has 0 aromatic heterocycles. The largest absolute Gasteiger partial charge is 0.477 e. The van der Waals surface area contributed by atoms with Crippen molar-refractivity contribution in [1.82, 2.24) is 10.2 Å². The second-order valence-corrected chi connectivity index (χ2v) is 10.2. The van der Waals surface area contributed by atoms with Crippen molar-refractivity contribution in [2.24, 2.45) is 17.0 Å². The average Bonchev–Trinajstić information content (AvgIpc) is 3.00. The number of aliphatic hydroxyl groups excluding tert-OH is 1. The molecule has 3 rings (SSSR count). The number of carboxylic acids is 1. The van der Waals surface area contributed by atoms with Crippen molar-refractivity contribution < 1.29 is 28.2 Å². The summed E-state index contributed by atoms with van der Waals surface area (Å²) in [5, 5.41) is 27.6. The lowest BCUT2D eigenvalue weighted by molar-refractivity contribution is -0.163. The number of thioether (sulfide) groups is 1. The molecule has 5 N–H and O–H groups in total. The smallest absolute Gasteiger partial charge is 0.353 e. The molecule has 6 atom stereocenters. The molecule has 11 heteroatoms. The highest BCUT2D eigenvalue weighted by Gasteiger charge is 2.60. The predicted octanol–water partition coefficient (Wildman–Crippen LogP) is -1.11. The molecule has 0 radical (unpaired) electrons. The summed E-state index contributed by atoms with van der Waals surface area (Å²) in [6, 6.07) is -0.609. The molecule has 0 aromatic carbocycles. The van der Waals surface area contributed by atoms with Crippen molar-refractivity contribution in [2.45, 2.75) is 43.7 Å². The maximum absolute atomic E-state index is 12.3. The monoisotopic (exact) mass is 405 g/mol. The number of hydrogen-bond donors (Lipinski definition) is 4. The zero-order valence-electron chi connectivity index (χ0n) is 14.5. The van der Waals surface area contributed by atoms with Gasteiger partial charge in [-0.05, 0) is 13.3 Å². The zero-order valence-corrected chi connectivity index (χ0v) is 16.1. The first kappa shape index (κ1) is 19.6. The molecule has 3 heterocycles. The van der Waals surface area contributed by atoms with E-state index in [1.807, 2.05) is 6.92 Å². The van der Waals surface area contributed by atoms with Crippen LogP contribution >= 0.6 is 11.8 Å². The van der Waals surface area contributed by atoms with Gasteiger partial charge in [-0.1, -0.05) is 6.92 Å². The maximum atomic E-state index is 12.3. The van der Waals surface area contributed by atoms with E-state index in [9.17, 15) is 28.2 Å². The Morgan fingerprint density at radius 3 is 2.69 bits per heavy atom. The number of nitrogens with two attached hydrogens (primary N) is 1. The molecule has 3 aliphatic heterocycles. The van der Waals surface area contributed by atoms with E-state index >= 15 is 0 Å². The number of β-lactam (4-membered cyclic amide) rings is 1. The normalized spacial score (nSPS) is 35.5. The van der Waals surface area contributed by atoms with Gasteiger partial charge in [0.25, 0.3) is 0 Å². The van der Waals surface area contributed by atoms with Crippen LogP contribution in [0.2, 0.25) is 0 Å². The molecular formula is C15H23N3O6S2. The van der Waals surface area contributed by atoms with E-state index < -0.39 is 28.0 Å². The lowest BCUT2D eigenvalue weighted by atomic mass is 9.79. The summed E-state index contributed by atoms with van der Waals surface area (Å²) in [4.78, 5) is 26.0. The van der Waals surface area contributed by atoms with Crippen LogP contribution in [0.5, 0.6) is 0 Å². The Labute approximate surface area is 156 Å². The van der Waals surface area contributed by atoms with Crippen LogP contribution in [0, 0.1) is 11.8 Å². The van der Waals surface area contributed by atoms with Crippen LogP contribution in [0.1, 0.15) is 20.3 Å². The van der Waals surface area contributed by atoms with E-state index in [2.05, 4.69) is 5.32 Å². The number of carboxylic acid groups (broad SMARTS) is 1. The van der Waals surface area contributed by atoms with E-state index in [1.54, 1.807) is 0 Å². The third-order valence-electron chi connectivity index (χ3n) is 5.22. The minimum Gasteiger partial charge on any atom is -0.477 e.